The normalized spacial score (nSPS) is 16.8. The van der Waals surface area contributed by atoms with E-state index in [0.29, 0.717) is 11.5 Å². The Morgan fingerprint density at radius 3 is 2.45 bits per heavy atom. The number of hydrogen-bond donors (Lipinski definition) is 1. The summed E-state index contributed by atoms with van der Waals surface area (Å²) in [6.07, 6.45) is 2.35. The summed E-state index contributed by atoms with van der Waals surface area (Å²) in [4.78, 5) is 14.4. The SMILES string of the molecule is COc1ccc(NC(=O)[C@H](C)N2CCCC2)cc1OC. The van der Waals surface area contributed by atoms with Gasteiger partial charge in [0.2, 0.25) is 5.91 Å². The number of hydrogen-bond acceptors (Lipinski definition) is 4. The van der Waals surface area contributed by atoms with Gasteiger partial charge in [-0.1, -0.05) is 0 Å². The van der Waals surface area contributed by atoms with Gasteiger partial charge >= 0.3 is 0 Å². The summed E-state index contributed by atoms with van der Waals surface area (Å²) in [5.74, 6) is 1.27. The number of anilines is 1. The van der Waals surface area contributed by atoms with E-state index in [1.54, 1.807) is 26.4 Å². The summed E-state index contributed by atoms with van der Waals surface area (Å²) in [6, 6.07) is 5.27. The maximum Gasteiger partial charge on any atom is 0.241 e. The minimum Gasteiger partial charge on any atom is -0.493 e. The van der Waals surface area contributed by atoms with Gasteiger partial charge in [-0.05, 0) is 45.0 Å². The van der Waals surface area contributed by atoms with E-state index < -0.39 is 0 Å². The van der Waals surface area contributed by atoms with Crippen LogP contribution in [0.4, 0.5) is 5.69 Å². The highest BCUT2D eigenvalue weighted by Gasteiger charge is 2.24. The van der Waals surface area contributed by atoms with Crippen molar-refractivity contribution in [3.05, 3.63) is 18.2 Å². The van der Waals surface area contributed by atoms with Crippen LogP contribution < -0.4 is 14.8 Å². The van der Waals surface area contributed by atoms with Gasteiger partial charge in [0.05, 0.1) is 20.3 Å². The van der Waals surface area contributed by atoms with Gasteiger partial charge < -0.3 is 14.8 Å². The van der Waals surface area contributed by atoms with Crippen LogP contribution in [-0.4, -0.2) is 44.2 Å². The van der Waals surface area contributed by atoms with Crippen LogP contribution >= 0.6 is 0 Å². The molecule has 1 atom stereocenters. The van der Waals surface area contributed by atoms with Crippen molar-refractivity contribution in [1.29, 1.82) is 0 Å². The standard InChI is InChI=1S/C15H22N2O3/c1-11(17-8-4-5-9-17)15(18)16-12-6-7-13(19-2)14(10-12)20-3/h6-7,10-11H,4-5,8-9H2,1-3H3,(H,16,18)/t11-/m0/s1. The summed E-state index contributed by atoms with van der Waals surface area (Å²) in [5.41, 5.74) is 0.721. The van der Waals surface area contributed by atoms with Crippen molar-refractivity contribution in [3.63, 3.8) is 0 Å². The van der Waals surface area contributed by atoms with E-state index in [9.17, 15) is 4.79 Å². The van der Waals surface area contributed by atoms with Crippen molar-refractivity contribution >= 4 is 11.6 Å². The maximum atomic E-state index is 12.2. The Balaban J connectivity index is 2.03. The quantitative estimate of drug-likeness (QED) is 0.896. The lowest BCUT2D eigenvalue weighted by Gasteiger charge is -2.22. The van der Waals surface area contributed by atoms with Gasteiger partial charge in [-0.2, -0.15) is 0 Å². The van der Waals surface area contributed by atoms with E-state index in [0.717, 1.165) is 18.8 Å². The Hall–Kier alpha value is -1.75. The number of carbonyl (C=O) groups excluding carboxylic acids is 1. The van der Waals surface area contributed by atoms with Crippen LogP contribution in [0.5, 0.6) is 11.5 Å². The van der Waals surface area contributed by atoms with Gasteiger partial charge in [-0.3, -0.25) is 9.69 Å². The molecule has 1 aliphatic rings. The molecule has 5 heteroatoms. The smallest absolute Gasteiger partial charge is 0.241 e. The zero-order valence-corrected chi connectivity index (χ0v) is 12.3. The van der Waals surface area contributed by atoms with Gasteiger partial charge in [0.1, 0.15) is 0 Å². The molecular weight excluding hydrogens is 256 g/mol. The number of methoxy groups -OCH3 is 2. The number of nitrogens with one attached hydrogen (secondary N) is 1. The monoisotopic (exact) mass is 278 g/mol. The third-order valence-electron chi connectivity index (χ3n) is 3.72. The van der Waals surface area contributed by atoms with Gasteiger partial charge in [0.15, 0.2) is 11.5 Å². The molecule has 1 aromatic rings. The topological polar surface area (TPSA) is 50.8 Å². The van der Waals surface area contributed by atoms with E-state index in [1.807, 2.05) is 13.0 Å². The molecule has 0 bridgehead atoms. The molecule has 0 aliphatic carbocycles. The van der Waals surface area contributed by atoms with E-state index in [1.165, 1.54) is 12.8 Å². The molecule has 1 saturated heterocycles. The Morgan fingerprint density at radius 2 is 1.85 bits per heavy atom. The second-order valence-corrected chi connectivity index (χ2v) is 4.98. The maximum absolute atomic E-state index is 12.2. The van der Waals surface area contributed by atoms with Crippen LogP contribution in [0.3, 0.4) is 0 Å². The number of rotatable bonds is 5. The lowest BCUT2D eigenvalue weighted by Crippen LogP contribution is -2.40. The van der Waals surface area contributed by atoms with Gasteiger partial charge in [0, 0.05) is 11.8 Å². The highest BCUT2D eigenvalue weighted by molar-refractivity contribution is 5.94. The fourth-order valence-electron chi connectivity index (χ4n) is 2.46. The summed E-state index contributed by atoms with van der Waals surface area (Å²) < 4.78 is 10.4. The number of benzene rings is 1. The highest BCUT2D eigenvalue weighted by atomic mass is 16.5. The second kappa shape index (κ2) is 6.61. The van der Waals surface area contributed by atoms with Gasteiger partial charge in [-0.15, -0.1) is 0 Å². The van der Waals surface area contributed by atoms with Crippen molar-refractivity contribution in [2.45, 2.75) is 25.8 Å². The lowest BCUT2D eigenvalue weighted by molar-refractivity contribution is -0.120. The molecule has 2 rings (SSSR count). The summed E-state index contributed by atoms with van der Waals surface area (Å²) in [6.45, 7) is 3.95. The lowest BCUT2D eigenvalue weighted by atomic mass is 10.2. The molecule has 0 radical (unpaired) electrons. The number of ether oxygens (including phenoxy) is 2. The number of likely N-dealkylation sites (tertiary alicyclic amines) is 1. The molecule has 1 amide bonds. The molecule has 1 aromatic carbocycles. The first-order valence-electron chi connectivity index (χ1n) is 6.92. The second-order valence-electron chi connectivity index (χ2n) is 4.98. The molecule has 1 heterocycles. The zero-order valence-electron chi connectivity index (χ0n) is 12.3. The molecule has 0 spiro atoms. The molecular formula is C15H22N2O3. The predicted octanol–water partition coefficient (Wildman–Crippen LogP) is 2.13. The Labute approximate surface area is 119 Å². The zero-order chi connectivity index (χ0) is 14.5. The van der Waals surface area contributed by atoms with Crippen molar-refractivity contribution in [2.24, 2.45) is 0 Å². The average molecular weight is 278 g/mol. The Morgan fingerprint density at radius 1 is 1.20 bits per heavy atom. The molecule has 5 nitrogen and oxygen atoms in total. The molecule has 110 valence electrons. The number of amides is 1. The summed E-state index contributed by atoms with van der Waals surface area (Å²) >= 11 is 0. The first-order chi connectivity index (χ1) is 9.65. The molecule has 1 aliphatic heterocycles. The van der Waals surface area contributed by atoms with Crippen LogP contribution in [0, 0.1) is 0 Å². The van der Waals surface area contributed by atoms with Crippen LogP contribution in [0.1, 0.15) is 19.8 Å². The van der Waals surface area contributed by atoms with Crippen LogP contribution in [0.2, 0.25) is 0 Å². The molecule has 1 N–H and O–H groups in total. The number of nitrogens with zero attached hydrogens (tertiary/aromatic N) is 1. The van der Waals surface area contributed by atoms with Crippen LogP contribution in [-0.2, 0) is 4.79 Å². The summed E-state index contributed by atoms with van der Waals surface area (Å²) in [7, 11) is 3.17. The molecule has 20 heavy (non-hydrogen) atoms. The third kappa shape index (κ3) is 3.22. The first-order valence-corrected chi connectivity index (χ1v) is 6.92. The van der Waals surface area contributed by atoms with E-state index >= 15 is 0 Å². The minimum atomic E-state index is -0.106. The Kier molecular flexibility index (Phi) is 4.84. The number of carbonyl (C=O) groups is 1. The molecule has 0 aromatic heterocycles. The van der Waals surface area contributed by atoms with E-state index in [2.05, 4.69) is 10.2 Å². The van der Waals surface area contributed by atoms with Crippen molar-refractivity contribution in [1.82, 2.24) is 4.90 Å². The van der Waals surface area contributed by atoms with Crippen LogP contribution in [0.25, 0.3) is 0 Å². The molecule has 1 fully saturated rings. The Bertz CT molecular complexity index is 470. The van der Waals surface area contributed by atoms with Crippen molar-refractivity contribution in [3.8, 4) is 11.5 Å². The highest BCUT2D eigenvalue weighted by Crippen LogP contribution is 2.29. The molecule has 0 unspecified atom stereocenters. The van der Waals surface area contributed by atoms with Crippen molar-refractivity contribution in [2.75, 3.05) is 32.6 Å². The summed E-state index contributed by atoms with van der Waals surface area (Å²) in [5, 5.41) is 2.93. The fourth-order valence-corrected chi connectivity index (χ4v) is 2.46. The first kappa shape index (κ1) is 14.7. The van der Waals surface area contributed by atoms with Gasteiger partial charge in [0.25, 0.3) is 0 Å². The van der Waals surface area contributed by atoms with Gasteiger partial charge in [-0.25, -0.2) is 0 Å². The third-order valence-corrected chi connectivity index (χ3v) is 3.72. The fraction of sp³-hybridized carbons (Fsp3) is 0.533. The van der Waals surface area contributed by atoms with Crippen LogP contribution in [0.15, 0.2) is 18.2 Å². The largest absolute Gasteiger partial charge is 0.493 e. The molecule has 0 saturated carbocycles. The predicted molar refractivity (Wildman–Crippen MR) is 78.4 cm³/mol. The van der Waals surface area contributed by atoms with E-state index in [-0.39, 0.29) is 11.9 Å². The average Bonchev–Trinajstić information content (AvgIpc) is 3.00. The minimum absolute atomic E-state index is 0.0131. The van der Waals surface area contributed by atoms with Crippen molar-refractivity contribution < 1.29 is 14.3 Å². The van der Waals surface area contributed by atoms with E-state index in [4.69, 9.17) is 9.47 Å².